The van der Waals surface area contributed by atoms with Crippen molar-refractivity contribution in [3.05, 3.63) is 83.9 Å². The average molecular weight is 438 g/mol. The molecule has 0 radical (unpaired) electrons. The van der Waals surface area contributed by atoms with Crippen LogP contribution in [0.15, 0.2) is 84.0 Å². The summed E-state index contributed by atoms with van der Waals surface area (Å²) in [5.41, 5.74) is 1.88. The molecule has 0 unspecified atom stereocenters. The van der Waals surface area contributed by atoms with Crippen LogP contribution in [0, 0.1) is 0 Å². The summed E-state index contributed by atoms with van der Waals surface area (Å²) < 4.78 is 13.4. The van der Waals surface area contributed by atoms with Crippen molar-refractivity contribution in [2.75, 3.05) is 19.5 Å². The quantitative estimate of drug-likeness (QED) is 0.259. The van der Waals surface area contributed by atoms with E-state index in [4.69, 9.17) is 21.1 Å². The lowest BCUT2D eigenvalue weighted by Crippen LogP contribution is -2.03. The normalized spacial score (nSPS) is 10.7. The van der Waals surface area contributed by atoms with Gasteiger partial charge in [0.15, 0.2) is 11.0 Å². The number of para-hydroxylation sites is 2. The third-order valence-electron chi connectivity index (χ3n) is 4.39. The Kier molecular flexibility index (Phi) is 6.57. The lowest BCUT2D eigenvalue weighted by Gasteiger charge is -2.12. The minimum Gasteiger partial charge on any atom is -0.496 e. The van der Waals surface area contributed by atoms with E-state index in [1.807, 2.05) is 83.4 Å². The van der Waals surface area contributed by atoms with Crippen LogP contribution >= 0.6 is 23.4 Å². The first-order valence-electron chi connectivity index (χ1n) is 9.41. The molecule has 0 saturated carbocycles. The van der Waals surface area contributed by atoms with Crippen LogP contribution in [0.3, 0.4) is 0 Å². The molecule has 0 fully saturated rings. The molecule has 0 aliphatic rings. The molecule has 0 spiro atoms. The molecule has 0 aliphatic heterocycles. The van der Waals surface area contributed by atoms with Gasteiger partial charge in [-0.05, 0) is 48.5 Å². The Morgan fingerprint density at radius 2 is 1.63 bits per heavy atom. The summed E-state index contributed by atoms with van der Waals surface area (Å²) in [4.78, 5) is 0. The number of benzene rings is 3. The summed E-state index contributed by atoms with van der Waals surface area (Å²) in [6, 6.07) is 25.2. The first kappa shape index (κ1) is 20.3. The molecule has 4 rings (SSSR count). The van der Waals surface area contributed by atoms with Crippen LogP contribution in [0.5, 0.6) is 11.5 Å². The van der Waals surface area contributed by atoms with Crippen LogP contribution in [0.1, 0.15) is 0 Å². The topological polar surface area (TPSA) is 49.2 Å². The van der Waals surface area contributed by atoms with Gasteiger partial charge in [-0.1, -0.05) is 53.7 Å². The van der Waals surface area contributed by atoms with E-state index >= 15 is 0 Å². The number of nitrogens with zero attached hydrogens (tertiary/aromatic N) is 3. The fraction of sp³-hybridized carbons (Fsp3) is 0.130. The Hall–Kier alpha value is -2.96. The van der Waals surface area contributed by atoms with Crippen molar-refractivity contribution in [1.82, 2.24) is 14.8 Å². The second-order valence-electron chi connectivity index (χ2n) is 6.33. The van der Waals surface area contributed by atoms with Gasteiger partial charge in [-0.25, -0.2) is 0 Å². The Bertz CT molecular complexity index is 1100. The number of rotatable bonds is 8. The molecule has 0 atom stereocenters. The van der Waals surface area contributed by atoms with E-state index in [2.05, 4.69) is 10.2 Å². The number of methoxy groups -OCH3 is 1. The summed E-state index contributed by atoms with van der Waals surface area (Å²) in [5, 5.41) is 10.4. The number of aromatic nitrogens is 3. The second-order valence-corrected chi connectivity index (χ2v) is 7.83. The van der Waals surface area contributed by atoms with E-state index in [9.17, 15) is 0 Å². The van der Waals surface area contributed by atoms with E-state index in [1.54, 1.807) is 18.9 Å². The highest BCUT2D eigenvalue weighted by Crippen LogP contribution is 2.33. The first-order valence-corrected chi connectivity index (χ1v) is 10.8. The van der Waals surface area contributed by atoms with Crippen LogP contribution in [0.2, 0.25) is 5.02 Å². The van der Waals surface area contributed by atoms with Gasteiger partial charge in [-0.2, -0.15) is 0 Å². The summed E-state index contributed by atoms with van der Waals surface area (Å²) in [5.74, 6) is 3.00. The highest BCUT2D eigenvalue weighted by Gasteiger charge is 2.18. The van der Waals surface area contributed by atoms with Crippen molar-refractivity contribution in [3.63, 3.8) is 0 Å². The van der Waals surface area contributed by atoms with Gasteiger partial charge in [-0.3, -0.25) is 4.57 Å². The molecule has 152 valence electrons. The number of ether oxygens (including phenoxy) is 2. The molecule has 30 heavy (non-hydrogen) atoms. The van der Waals surface area contributed by atoms with Crippen molar-refractivity contribution >= 4 is 23.4 Å². The third kappa shape index (κ3) is 4.61. The smallest absolute Gasteiger partial charge is 0.196 e. The molecule has 5 nitrogen and oxygen atoms in total. The van der Waals surface area contributed by atoms with Gasteiger partial charge in [0, 0.05) is 16.5 Å². The highest BCUT2D eigenvalue weighted by molar-refractivity contribution is 7.99. The predicted octanol–water partition coefficient (Wildman–Crippen LogP) is 5.77. The molecule has 1 heterocycles. The molecule has 0 aliphatic carbocycles. The van der Waals surface area contributed by atoms with Gasteiger partial charge >= 0.3 is 0 Å². The third-order valence-corrected chi connectivity index (χ3v) is 5.54. The SMILES string of the molecule is COc1ccccc1-c1nnc(SCCOc2ccc(Cl)cc2)n1-c1ccccc1. The van der Waals surface area contributed by atoms with Crippen LogP contribution < -0.4 is 9.47 Å². The molecule has 0 saturated heterocycles. The minimum absolute atomic E-state index is 0.540. The molecule has 1 aromatic heterocycles. The van der Waals surface area contributed by atoms with E-state index in [1.165, 1.54) is 0 Å². The highest BCUT2D eigenvalue weighted by atomic mass is 35.5. The first-order chi connectivity index (χ1) is 14.8. The van der Waals surface area contributed by atoms with Gasteiger partial charge in [0.05, 0.1) is 19.3 Å². The molecule has 0 bridgehead atoms. The maximum absolute atomic E-state index is 5.92. The van der Waals surface area contributed by atoms with Crippen molar-refractivity contribution in [2.24, 2.45) is 0 Å². The standard InChI is InChI=1S/C23H20ClN3O2S/c1-28-21-10-6-5-9-20(21)22-25-26-23(27(22)18-7-3-2-4-8-18)30-16-15-29-19-13-11-17(24)12-14-19/h2-14H,15-16H2,1H3. The van der Waals surface area contributed by atoms with Crippen LogP contribution in [-0.2, 0) is 0 Å². The fourth-order valence-electron chi connectivity index (χ4n) is 3.00. The monoisotopic (exact) mass is 437 g/mol. The van der Waals surface area contributed by atoms with Gasteiger partial charge in [-0.15, -0.1) is 10.2 Å². The Morgan fingerprint density at radius 1 is 0.900 bits per heavy atom. The second kappa shape index (κ2) is 9.69. The number of hydrogen-bond donors (Lipinski definition) is 0. The van der Waals surface area contributed by atoms with E-state index < -0.39 is 0 Å². The Balaban J connectivity index is 1.57. The lowest BCUT2D eigenvalue weighted by molar-refractivity contribution is 0.344. The molecule has 7 heteroatoms. The largest absolute Gasteiger partial charge is 0.496 e. The number of thioether (sulfide) groups is 1. The fourth-order valence-corrected chi connectivity index (χ4v) is 3.90. The molecular formula is C23H20ClN3O2S. The van der Waals surface area contributed by atoms with Gasteiger partial charge in [0.25, 0.3) is 0 Å². The molecule has 4 aromatic rings. The predicted molar refractivity (Wildman–Crippen MR) is 121 cm³/mol. The average Bonchev–Trinajstić information content (AvgIpc) is 3.22. The molecule has 3 aromatic carbocycles. The molecule has 0 amide bonds. The van der Waals surface area contributed by atoms with Crippen LogP contribution in [0.4, 0.5) is 0 Å². The van der Waals surface area contributed by atoms with Crippen LogP contribution in [-0.4, -0.2) is 34.2 Å². The number of hydrogen-bond acceptors (Lipinski definition) is 5. The Labute approximate surface area is 184 Å². The van der Waals surface area contributed by atoms with E-state index in [0.29, 0.717) is 11.6 Å². The van der Waals surface area contributed by atoms with Gasteiger partial charge in [0.1, 0.15) is 11.5 Å². The van der Waals surface area contributed by atoms with Crippen LogP contribution in [0.25, 0.3) is 17.1 Å². The van der Waals surface area contributed by atoms with Crippen molar-refractivity contribution in [1.29, 1.82) is 0 Å². The van der Waals surface area contributed by atoms with Gasteiger partial charge in [0.2, 0.25) is 0 Å². The van der Waals surface area contributed by atoms with Crippen molar-refractivity contribution in [3.8, 4) is 28.6 Å². The van der Waals surface area contributed by atoms with Crippen molar-refractivity contribution in [2.45, 2.75) is 5.16 Å². The minimum atomic E-state index is 0.540. The van der Waals surface area contributed by atoms with E-state index in [-0.39, 0.29) is 0 Å². The maximum Gasteiger partial charge on any atom is 0.196 e. The zero-order valence-corrected chi connectivity index (χ0v) is 17.9. The number of halogens is 1. The maximum atomic E-state index is 5.92. The van der Waals surface area contributed by atoms with Crippen molar-refractivity contribution < 1.29 is 9.47 Å². The Morgan fingerprint density at radius 3 is 2.40 bits per heavy atom. The molecule has 0 N–H and O–H groups in total. The van der Waals surface area contributed by atoms with Gasteiger partial charge < -0.3 is 9.47 Å². The zero-order valence-electron chi connectivity index (χ0n) is 16.4. The summed E-state index contributed by atoms with van der Waals surface area (Å²) >= 11 is 7.51. The zero-order chi connectivity index (χ0) is 20.8. The van der Waals surface area contributed by atoms with E-state index in [0.717, 1.165) is 39.5 Å². The molecular weight excluding hydrogens is 418 g/mol. The summed E-state index contributed by atoms with van der Waals surface area (Å²) in [6.45, 7) is 0.540. The lowest BCUT2D eigenvalue weighted by atomic mass is 10.2. The summed E-state index contributed by atoms with van der Waals surface area (Å²) in [6.07, 6.45) is 0. The summed E-state index contributed by atoms with van der Waals surface area (Å²) in [7, 11) is 1.66.